The third kappa shape index (κ3) is 4.43. The van der Waals surface area contributed by atoms with Gasteiger partial charge in [-0.05, 0) is 24.6 Å². The third-order valence-electron chi connectivity index (χ3n) is 4.66. The lowest BCUT2D eigenvalue weighted by Gasteiger charge is -2.28. The maximum Gasteiger partial charge on any atom is 0.374 e. The molecular formula is C22H20FN3O4. The topological polar surface area (TPSA) is 101 Å². The lowest BCUT2D eigenvalue weighted by Crippen LogP contribution is -2.56. The average Bonchev–Trinajstić information content (AvgIpc) is 3.10. The molecule has 0 bridgehead atoms. The Bertz CT molecular complexity index is 1110. The lowest BCUT2D eigenvalue weighted by atomic mass is 9.88. The number of rotatable bonds is 7. The first kappa shape index (κ1) is 20.9. The predicted octanol–water partition coefficient (Wildman–Crippen LogP) is 2.61. The van der Waals surface area contributed by atoms with Crippen LogP contribution in [0, 0.1) is 5.82 Å². The quantitative estimate of drug-likeness (QED) is 0.584. The average molecular weight is 409 g/mol. The summed E-state index contributed by atoms with van der Waals surface area (Å²) >= 11 is 0. The highest BCUT2D eigenvalue weighted by Gasteiger charge is 2.40. The smallest absolute Gasteiger partial charge is 0.374 e. The number of benzene rings is 2. The molecule has 1 atom stereocenters. The maximum absolute atomic E-state index is 13.7. The highest BCUT2D eigenvalue weighted by atomic mass is 19.1. The number of aliphatic carboxylic acids is 1. The van der Waals surface area contributed by atoms with Crippen LogP contribution in [0.2, 0.25) is 0 Å². The van der Waals surface area contributed by atoms with Crippen molar-refractivity contribution < 1.29 is 23.9 Å². The molecule has 30 heavy (non-hydrogen) atoms. The van der Waals surface area contributed by atoms with Crippen molar-refractivity contribution in [3.8, 4) is 11.3 Å². The summed E-state index contributed by atoms with van der Waals surface area (Å²) in [6.45, 7) is 1.37. The highest BCUT2D eigenvalue weighted by molar-refractivity contribution is 6.37. The zero-order valence-electron chi connectivity index (χ0n) is 16.4. The van der Waals surface area contributed by atoms with Gasteiger partial charge in [0.15, 0.2) is 0 Å². The van der Waals surface area contributed by atoms with E-state index in [1.807, 2.05) is 0 Å². The molecule has 0 fully saturated rings. The molecule has 0 saturated heterocycles. The number of Topliss-reactive ketones (excluding diaryl/α,β-unsaturated/α-hetero) is 1. The van der Waals surface area contributed by atoms with Crippen LogP contribution in [0.15, 0.2) is 60.8 Å². The van der Waals surface area contributed by atoms with Gasteiger partial charge in [-0.15, -0.1) is 0 Å². The van der Waals surface area contributed by atoms with Crippen molar-refractivity contribution in [3.05, 3.63) is 77.7 Å². The van der Waals surface area contributed by atoms with Crippen molar-refractivity contribution in [2.24, 2.45) is 7.05 Å². The number of halogens is 1. The van der Waals surface area contributed by atoms with Crippen molar-refractivity contribution >= 4 is 17.7 Å². The summed E-state index contributed by atoms with van der Waals surface area (Å²) < 4.78 is 15.0. The fraction of sp³-hybridized carbons (Fsp3) is 0.182. The molecule has 8 heteroatoms. The monoisotopic (exact) mass is 409 g/mol. The summed E-state index contributed by atoms with van der Waals surface area (Å²) in [6, 6.07) is 14.4. The Morgan fingerprint density at radius 2 is 1.83 bits per heavy atom. The van der Waals surface area contributed by atoms with Crippen LogP contribution in [-0.2, 0) is 23.1 Å². The van der Waals surface area contributed by atoms with Gasteiger partial charge in [0.2, 0.25) is 0 Å². The van der Waals surface area contributed by atoms with E-state index in [2.05, 4.69) is 10.4 Å². The predicted molar refractivity (Wildman–Crippen MR) is 107 cm³/mol. The van der Waals surface area contributed by atoms with Crippen molar-refractivity contribution in [2.75, 3.05) is 0 Å². The minimum Gasteiger partial charge on any atom is -0.475 e. The molecule has 1 amide bonds. The Labute approximate surface area is 172 Å². The van der Waals surface area contributed by atoms with E-state index >= 15 is 0 Å². The Balaban J connectivity index is 1.97. The molecule has 3 rings (SSSR count). The standard InChI is InChI=1S/C22H20FN3O4/c1-22(19(27)21(29)30,12-14-7-4-3-5-8-14)24-20(28)17-13-26(2)25-18(17)15-9-6-10-16(23)11-15/h3-11,13H,12H2,1-2H3,(H,24,28)(H,29,30). The van der Waals surface area contributed by atoms with Gasteiger partial charge in [0.25, 0.3) is 11.7 Å². The zero-order chi connectivity index (χ0) is 21.9. The van der Waals surface area contributed by atoms with Gasteiger partial charge < -0.3 is 10.4 Å². The largest absolute Gasteiger partial charge is 0.475 e. The summed E-state index contributed by atoms with van der Waals surface area (Å²) in [5, 5.41) is 16.1. The zero-order valence-corrected chi connectivity index (χ0v) is 16.4. The van der Waals surface area contributed by atoms with E-state index in [1.54, 1.807) is 43.4 Å². The second-order valence-corrected chi connectivity index (χ2v) is 7.16. The molecule has 2 N–H and O–H groups in total. The molecule has 7 nitrogen and oxygen atoms in total. The number of nitrogens with zero attached hydrogens (tertiary/aromatic N) is 2. The Kier molecular flexibility index (Phi) is 5.77. The van der Waals surface area contributed by atoms with E-state index in [4.69, 9.17) is 0 Å². The molecule has 0 aliphatic rings. The molecule has 3 aromatic rings. The second-order valence-electron chi connectivity index (χ2n) is 7.16. The first-order valence-corrected chi connectivity index (χ1v) is 9.13. The number of ketones is 1. The number of aromatic nitrogens is 2. The second kappa shape index (κ2) is 8.28. The first-order valence-electron chi connectivity index (χ1n) is 9.13. The van der Waals surface area contributed by atoms with Crippen molar-refractivity contribution in [3.63, 3.8) is 0 Å². The van der Waals surface area contributed by atoms with Crippen LogP contribution in [0.3, 0.4) is 0 Å². The van der Waals surface area contributed by atoms with Crippen LogP contribution in [0.4, 0.5) is 4.39 Å². The van der Waals surface area contributed by atoms with E-state index in [1.165, 1.54) is 36.0 Å². The van der Waals surface area contributed by atoms with E-state index in [0.717, 1.165) is 0 Å². The first-order chi connectivity index (χ1) is 14.2. The van der Waals surface area contributed by atoms with Gasteiger partial charge in [0.1, 0.15) is 17.1 Å². The number of hydrogen-bond donors (Lipinski definition) is 2. The number of nitrogens with one attached hydrogen (secondary N) is 1. The molecule has 0 saturated carbocycles. The van der Waals surface area contributed by atoms with Gasteiger partial charge in [0, 0.05) is 25.2 Å². The van der Waals surface area contributed by atoms with Crippen LogP contribution in [-0.4, -0.2) is 38.1 Å². The van der Waals surface area contributed by atoms with Crippen LogP contribution < -0.4 is 5.32 Å². The summed E-state index contributed by atoms with van der Waals surface area (Å²) in [6.07, 6.45) is 1.42. The van der Waals surface area contributed by atoms with Gasteiger partial charge in [-0.3, -0.25) is 14.3 Å². The fourth-order valence-electron chi connectivity index (χ4n) is 3.24. The van der Waals surface area contributed by atoms with Gasteiger partial charge in [0.05, 0.1) is 5.56 Å². The SMILES string of the molecule is Cn1cc(C(=O)NC(C)(Cc2ccccc2)C(=O)C(=O)O)c(-c2cccc(F)c2)n1. The molecule has 0 aliphatic heterocycles. The van der Waals surface area contributed by atoms with E-state index in [9.17, 15) is 23.9 Å². The summed E-state index contributed by atoms with van der Waals surface area (Å²) in [5.74, 6) is -3.96. The minimum atomic E-state index is -1.70. The lowest BCUT2D eigenvalue weighted by molar-refractivity contribution is -0.151. The number of aryl methyl sites for hydroxylation is 1. The maximum atomic E-state index is 13.7. The van der Waals surface area contributed by atoms with Gasteiger partial charge in [-0.25, -0.2) is 9.18 Å². The van der Waals surface area contributed by atoms with E-state index in [0.29, 0.717) is 11.1 Å². The van der Waals surface area contributed by atoms with Gasteiger partial charge >= 0.3 is 5.97 Å². The number of carboxylic acid groups (broad SMARTS) is 1. The highest BCUT2D eigenvalue weighted by Crippen LogP contribution is 2.24. The Morgan fingerprint density at radius 1 is 1.13 bits per heavy atom. The molecule has 154 valence electrons. The van der Waals surface area contributed by atoms with E-state index in [-0.39, 0.29) is 17.7 Å². The molecule has 0 spiro atoms. The molecule has 1 heterocycles. The van der Waals surface area contributed by atoms with Gasteiger partial charge in [-0.2, -0.15) is 5.10 Å². The van der Waals surface area contributed by atoms with Crippen LogP contribution in [0.25, 0.3) is 11.3 Å². The minimum absolute atomic E-state index is 0.0136. The van der Waals surface area contributed by atoms with E-state index < -0.39 is 29.0 Å². The number of hydrogen-bond acceptors (Lipinski definition) is 4. The molecule has 2 aromatic carbocycles. The van der Waals surface area contributed by atoms with Crippen LogP contribution in [0.5, 0.6) is 0 Å². The fourth-order valence-corrected chi connectivity index (χ4v) is 3.24. The number of amides is 1. The molecule has 0 aliphatic carbocycles. The van der Waals surface area contributed by atoms with Crippen molar-refractivity contribution in [1.82, 2.24) is 15.1 Å². The molecular weight excluding hydrogens is 389 g/mol. The molecule has 0 radical (unpaired) electrons. The molecule has 1 aromatic heterocycles. The van der Waals surface area contributed by atoms with Crippen molar-refractivity contribution in [2.45, 2.75) is 18.9 Å². The summed E-state index contributed by atoms with van der Waals surface area (Å²) in [7, 11) is 1.60. The van der Waals surface area contributed by atoms with Crippen LogP contribution in [0.1, 0.15) is 22.8 Å². The number of carbonyl (C=O) groups is 3. The van der Waals surface area contributed by atoms with Gasteiger partial charge in [-0.1, -0.05) is 42.5 Å². The third-order valence-corrected chi connectivity index (χ3v) is 4.66. The number of carbonyl (C=O) groups excluding carboxylic acids is 2. The Hall–Kier alpha value is -3.81. The normalized spacial score (nSPS) is 12.8. The summed E-state index contributed by atoms with van der Waals surface area (Å²) in [5.41, 5.74) is -0.305. The Morgan fingerprint density at radius 3 is 2.47 bits per heavy atom. The van der Waals surface area contributed by atoms with Crippen molar-refractivity contribution in [1.29, 1.82) is 0 Å². The molecule has 1 unspecified atom stereocenters. The van der Waals surface area contributed by atoms with Crippen LogP contribution >= 0.6 is 0 Å². The number of carboxylic acids is 1. The summed E-state index contributed by atoms with van der Waals surface area (Å²) in [4.78, 5) is 36.9.